The minimum absolute atomic E-state index is 0.146. The topological polar surface area (TPSA) is 110 Å². The van der Waals surface area contributed by atoms with Crippen LogP contribution in [0.25, 0.3) is 10.4 Å². The van der Waals surface area contributed by atoms with Gasteiger partial charge in [-0.25, -0.2) is 0 Å². The lowest BCUT2D eigenvalue weighted by atomic mass is 10.2. The molecule has 0 radical (unpaired) electrons. The average Bonchev–Trinajstić information content (AvgIpc) is 2.27. The Labute approximate surface area is 73.8 Å². The van der Waals surface area contributed by atoms with Crippen molar-refractivity contribution in [3.05, 3.63) is 21.7 Å². The maximum Gasteiger partial charge on any atom is 0.252 e. The number of aryl methyl sites for hydroxylation is 2. The highest BCUT2D eigenvalue weighted by Crippen LogP contribution is 2.20. The summed E-state index contributed by atoms with van der Waals surface area (Å²) in [5.41, 5.74) is 13.9. The Hall–Kier alpha value is -2.01. The van der Waals surface area contributed by atoms with Crippen molar-refractivity contribution < 1.29 is 4.79 Å². The highest BCUT2D eigenvalue weighted by Gasteiger charge is 2.16. The molecule has 68 valence electrons. The van der Waals surface area contributed by atoms with E-state index in [2.05, 4.69) is 15.1 Å². The fraction of sp³-hybridized carbons (Fsp3) is 0.333. The highest BCUT2D eigenvalue weighted by atomic mass is 16.1. The van der Waals surface area contributed by atoms with E-state index >= 15 is 0 Å². The zero-order valence-electron chi connectivity index (χ0n) is 7.22. The first-order valence-electron chi connectivity index (χ1n) is 3.46. The Morgan fingerprint density at radius 3 is 2.85 bits per heavy atom. The van der Waals surface area contributed by atoms with Gasteiger partial charge >= 0.3 is 0 Å². The number of hydrogen-bond acceptors (Lipinski definition) is 3. The molecule has 1 rings (SSSR count). The standard InChI is InChI=1S/C6H8N6O/c1-3-4(5(7)13)6(9-11-8)12(2)10-3/h1-2H3,(H2,7,13). The quantitative estimate of drug-likeness (QED) is 0.412. The van der Waals surface area contributed by atoms with Gasteiger partial charge in [0, 0.05) is 12.0 Å². The first-order valence-corrected chi connectivity index (χ1v) is 3.46. The lowest BCUT2D eigenvalue weighted by Crippen LogP contribution is -2.11. The Bertz CT molecular complexity index is 377. The van der Waals surface area contributed by atoms with Gasteiger partial charge < -0.3 is 5.73 Å². The van der Waals surface area contributed by atoms with E-state index in [1.165, 1.54) is 4.68 Å². The van der Waals surface area contributed by atoms with Crippen molar-refractivity contribution in [2.45, 2.75) is 6.92 Å². The molecule has 0 aliphatic rings. The summed E-state index contributed by atoms with van der Waals surface area (Å²) in [6.07, 6.45) is 0. The predicted molar refractivity (Wildman–Crippen MR) is 45.3 cm³/mol. The molecule has 0 aromatic carbocycles. The SMILES string of the molecule is Cc1nn(C)c(N=[N+]=[N-])c1C(N)=O. The predicted octanol–water partition coefficient (Wildman–Crippen LogP) is 0.769. The fourth-order valence-electron chi connectivity index (χ4n) is 1.09. The van der Waals surface area contributed by atoms with E-state index in [-0.39, 0.29) is 11.4 Å². The van der Waals surface area contributed by atoms with Gasteiger partial charge in [-0.05, 0) is 17.6 Å². The second-order valence-corrected chi connectivity index (χ2v) is 2.46. The molecule has 7 nitrogen and oxygen atoms in total. The number of hydrogen-bond donors (Lipinski definition) is 1. The summed E-state index contributed by atoms with van der Waals surface area (Å²) >= 11 is 0. The van der Waals surface area contributed by atoms with Crippen LogP contribution in [0.3, 0.4) is 0 Å². The molecule has 1 heterocycles. The molecule has 7 heteroatoms. The van der Waals surface area contributed by atoms with E-state index in [0.29, 0.717) is 5.69 Å². The largest absolute Gasteiger partial charge is 0.365 e. The molecule has 0 aliphatic carbocycles. The molecule has 0 unspecified atom stereocenters. The van der Waals surface area contributed by atoms with E-state index in [0.717, 1.165) is 0 Å². The summed E-state index contributed by atoms with van der Waals surface area (Å²) in [4.78, 5) is 13.5. The first-order chi connectivity index (χ1) is 6.07. The van der Waals surface area contributed by atoms with Gasteiger partial charge in [-0.3, -0.25) is 9.48 Å². The molecule has 1 aromatic heterocycles. The van der Waals surface area contributed by atoms with Crippen LogP contribution in [0.4, 0.5) is 5.82 Å². The van der Waals surface area contributed by atoms with E-state index in [4.69, 9.17) is 11.3 Å². The van der Waals surface area contributed by atoms with Crippen LogP contribution >= 0.6 is 0 Å². The van der Waals surface area contributed by atoms with Crippen molar-refractivity contribution in [2.75, 3.05) is 0 Å². The van der Waals surface area contributed by atoms with Gasteiger partial charge in [0.2, 0.25) is 0 Å². The molecule has 0 atom stereocenters. The van der Waals surface area contributed by atoms with Crippen molar-refractivity contribution in [1.82, 2.24) is 9.78 Å². The zero-order chi connectivity index (χ0) is 10.0. The zero-order valence-corrected chi connectivity index (χ0v) is 7.22. The van der Waals surface area contributed by atoms with Crippen LogP contribution in [-0.4, -0.2) is 15.7 Å². The molecule has 1 aromatic rings. The maximum atomic E-state index is 10.9. The third kappa shape index (κ3) is 1.45. The van der Waals surface area contributed by atoms with E-state index in [1.54, 1.807) is 14.0 Å². The number of amides is 1. The minimum Gasteiger partial charge on any atom is -0.365 e. The molecule has 0 saturated carbocycles. The van der Waals surface area contributed by atoms with Crippen LogP contribution in [0.15, 0.2) is 5.11 Å². The third-order valence-electron chi connectivity index (χ3n) is 1.58. The van der Waals surface area contributed by atoms with E-state index in [9.17, 15) is 4.79 Å². The van der Waals surface area contributed by atoms with Gasteiger partial charge in [0.1, 0.15) is 5.82 Å². The van der Waals surface area contributed by atoms with E-state index < -0.39 is 5.91 Å². The number of primary amides is 1. The highest BCUT2D eigenvalue weighted by molar-refractivity contribution is 5.98. The van der Waals surface area contributed by atoms with Gasteiger partial charge in [-0.1, -0.05) is 0 Å². The first kappa shape index (κ1) is 9.08. The molecule has 0 aliphatic heterocycles. The van der Waals surface area contributed by atoms with Crippen LogP contribution < -0.4 is 5.73 Å². The van der Waals surface area contributed by atoms with Gasteiger partial charge in [-0.15, -0.1) is 0 Å². The van der Waals surface area contributed by atoms with Crippen molar-refractivity contribution in [2.24, 2.45) is 17.9 Å². The molecule has 13 heavy (non-hydrogen) atoms. The van der Waals surface area contributed by atoms with Crippen molar-refractivity contribution in [3.63, 3.8) is 0 Å². The summed E-state index contributed by atoms with van der Waals surface area (Å²) < 4.78 is 1.31. The summed E-state index contributed by atoms with van der Waals surface area (Å²) in [7, 11) is 1.57. The molecule has 0 spiro atoms. The number of nitrogens with zero attached hydrogens (tertiary/aromatic N) is 5. The molecule has 0 fully saturated rings. The van der Waals surface area contributed by atoms with Crippen molar-refractivity contribution in [3.8, 4) is 0 Å². The second kappa shape index (κ2) is 3.16. The molecule has 0 saturated heterocycles. The van der Waals surface area contributed by atoms with Crippen LogP contribution in [0.5, 0.6) is 0 Å². The van der Waals surface area contributed by atoms with Crippen LogP contribution in [-0.2, 0) is 7.05 Å². The van der Waals surface area contributed by atoms with Gasteiger partial charge in [0.15, 0.2) is 0 Å². The molecule has 1 amide bonds. The number of aromatic nitrogens is 2. The van der Waals surface area contributed by atoms with Crippen LogP contribution in [0, 0.1) is 6.92 Å². The average molecular weight is 180 g/mol. The fourth-order valence-corrected chi connectivity index (χ4v) is 1.09. The van der Waals surface area contributed by atoms with Gasteiger partial charge in [-0.2, -0.15) is 5.10 Å². The Morgan fingerprint density at radius 1 is 1.77 bits per heavy atom. The van der Waals surface area contributed by atoms with Gasteiger partial charge in [0.05, 0.1) is 11.3 Å². The smallest absolute Gasteiger partial charge is 0.252 e. The monoisotopic (exact) mass is 180 g/mol. The van der Waals surface area contributed by atoms with Crippen LogP contribution in [0.2, 0.25) is 0 Å². The maximum absolute atomic E-state index is 10.9. The van der Waals surface area contributed by atoms with Crippen molar-refractivity contribution in [1.29, 1.82) is 0 Å². The van der Waals surface area contributed by atoms with Crippen LogP contribution in [0.1, 0.15) is 16.1 Å². The molecular weight excluding hydrogens is 172 g/mol. The summed E-state index contributed by atoms with van der Waals surface area (Å²) in [6, 6.07) is 0. The Kier molecular flexibility index (Phi) is 2.21. The number of nitrogens with two attached hydrogens (primary N) is 1. The van der Waals surface area contributed by atoms with E-state index in [1.807, 2.05) is 0 Å². The van der Waals surface area contributed by atoms with Gasteiger partial charge in [0.25, 0.3) is 5.91 Å². The molecular formula is C6H8N6O. The summed E-state index contributed by atoms with van der Waals surface area (Å²) in [6.45, 7) is 1.62. The third-order valence-corrected chi connectivity index (χ3v) is 1.58. The molecule has 0 bridgehead atoms. The number of carbonyl (C=O) groups is 1. The lowest BCUT2D eigenvalue weighted by molar-refractivity contribution is 0.100. The second-order valence-electron chi connectivity index (χ2n) is 2.46. The number of rotatable bonds is 2. The summed E-state index contributed by atoms with van der Waals surface area (Å²) in [5, 5.41) is 7.23. The minimum atomic E-state index is -0.645. The normalized spacial score (nSPS) is 9.38. The molecule has 2 N–H and O–H groups in total. The lowest BCUT2D eigenvalue weighted by Gasteiger charge is -1.94. The summed E-state index contributed by atoms with van der Waals surface area (Å²) in [5.74, 6) is -0.500. The van der Waals surface area contributed by atoms with Crippen molar-refractivity contribution >= 4 is 11.7 Å². The number of azide groups is 1. The number of carbonyl (C=O) groups excluding carboxylic acids is 1. The Morgan fingerprint density at radius 2 is 2.38 bits per heavy atom. The Balaban J connectivity index is 3.46.